The molecule has 0 unspecified atom stereocenters. The Hall–Kier alpha value is -6.33. The SMILES string of the molecule is c1ccc2oc(-c3cc4oc5c(-n6c7ccccc7c7c8oc9ccccc9c8ccc76)cccc5c4c4ccccc34)nc2c1. The van der Waals surface area contributed by atoms with Gasteiger partial charge in [-0.1, -0.05) is 84.9 Å². The van der Waals surface area contributed by atoms with Gasteiger partial charge >= 0.3 is 0 Å². The maximum absolute atomic E-state index is 6.87. The molecule has 0 N–H and O–H groups in total. The van der Waals surface area contributed by atoms with Gasteiger partial charge in [-0.15, -0.1) is 0 Å². The van der Waals surface area contributed by atoms with Gasteiger partial charge in [0, 0.05) is 32.5 Å². The van der Waals surface area contributed by atoms with E-state index in [0.717, 1.165) is 98.8 Å². The van der Waals surface area contributed by atoms with Crippen molar-refractivity contribution in [3.8, 4) is 17.1 Å². The van der Waals surface area contributed by atoms with Crippen molar-refractivity contribution in [2.45, 2.75) is 0 Å². The van der Waals surface area contributed by atoms with E-state index in [1.165, 1.54) is 0 Å². The summed E-state index contributed by atoms with van der Waals surface area (Å²) in [6, 6.07) is 46.0. The third-order valence-corrected chi connectivity index (χ3v) is 9.43. The number of oxazole rings is 1. The van der Waals surface area contributed by atoms with Crippen LogP contribution in [-0.2, 0) is 0 Å². The molecule has 0 atom stereocenters. The summed E-state index contributed by atoms with van der Waals surface area (Å²) in [5.41, 5.74) is 9.04. The van der Waals surface area contributed by atoms with Crippen molar-refractivity contribution in [3.63, 3.8) is 0 Å². The van der Waals surface area contributed by atoms with E-state index in [4.69, 9.17) is 18.2 Å². The number of benzene rings is 7. The minimum Gasteiger partial charge on any atom is -0.455 e. The van der Waals surface area contributed by atoms with Crippen molar-refractivity contribution in [2.75, 3.05) is 0 Å². The van der Waals surface area contributed by atoms with E-state index in [1.807, 2.05) is 36.4 Å². The van der Waals surface area contributed by atoms with Crippen LogP contribution in [0.3, 0.4) is 0 Å². The van der Waals surface area contributed by atoms with Crippen LogP contribution in [-0.4, -0.2) is 9.55 Å². The Labute approximate surface area is 260 Å². The largest absolute Gasteiger partial charge is 0.455 e. The number of rotatable bonds is 2. The number of para-hydroxylation sites is 5. The first-order valence-corrected chi connectivity index (χ1v) is 15.4. The minimum atomic E-state index is 0.581. The van der Waals surface area contributed by atoms with E-state index >= 15 is 0 Å². The van der Waals surface area contributed by atoms with Crippen LogP contribution in [0.1, 0.15) is 0 Å². The van der Waals surface area contributed by atoms with Gasteiger partial charge in [0.25, 0.3) is 0 Å². The minimum absolute atomic E-state index is 0.581. The monoisotopic (exact) mass is 590 g/mol. The molecule has 0 aliphatic rings. The van der Waals surface area contributed by atoms with E-state index in [1.54, 1.807) is 0 Å². The van der Waals surface area contributed by atoms with Crippen molar-refractivity contribution >= 4 is 87.6 Å². The van der Waals surface area contributed by atoms with E-state index in [9.17, 15) is 0 Å². The molecule has 7 aromatic carbocycles. The molecule has 0 fully saturated rings. The summed E-state index contributed by atoms with van der Waals surface area (Å²) in [5.74, 6) is 0.581. The summed E-state index contributed by atoms with van der Waals surface area (Å²) in [7, 11) is 0. The predicted molar refractivity (Wildman–Crippen MR) is 186 cm³/mol. The summed E-state index contributed by atoms with van der Waals surface area (Å²) in [4.78, 5) is 4.84. The van der Waals surface area contributed by atoms with E-state index in [0.29, 0.717) is 5.89 Å². The molecule has 11 aromatic rings. The molecule has 214 valence electrons. The average Bonchev–Trinajstić information content (AvgIpc) is 3.87. The van der Waals surface area contributed by atoms with Gasteiger partial charge in [0.15, 0.2) is 11.2 Å². The van der Waals surface area contributed by atoms with E-state index in [-0.39, 0.29) is 0 Å². The lowest BCUT2D eigenvalue weighted by atomic mass is 9.99. The van der Waals surface area contributed by atoms with Crippen molar-refractivity contribution in [3.05, 3.63) is 133 Å². The summed E-state index contributed by atoms with van der Waals surface area (Å²) in [6.07, 6.45) is 0. The lowest BCUT2D eigenvalue weighted by Crippen LogP contribution is -1.94. The molecule has 5 heteroatoms. The second-order valence-corrected chi connectivity index (χ2v) is 11.9. The van der Waals surface area contributed by atoms with Gasteiger partial charge in [-0.25, -0.2) is 4.98 Å². The molecule has 0 aliphatic carbocycles. The first-order chi connectivity index (χ1) is 22.8. The summed E-state index contributed by atoms with van der Waals surface area (Å²) in [5, 5.41) is 8.78. The van der Waals surface area contributed by atoms with Gasteiger partial charge in [-0.3, -0.25) is 0 Å². The van der Waals surface area contributed by atoms with Gasteiger partial charge in [0.05, 0.1) is 22.1 Å². The molecule has 0 aliphatic heterocycles. The summed E-state index contributed by atoms with van der Waals surface area (Å²) < 4.78 is 22.0. The predicted octanol–water partition coefficient (Wildman–Crippen LogP) is 11.5. The van der Waals surface area contributed by atoms with E-state index in [2.05, 4.69) is 102 Å². The second kappa shape index (κ2) is 8.65. The molecule has 4 heterocycles. The zero-order valence-electron chi connectivity index (χ0n) is 24.3. The number of aromatic nitrogens is 2. The Balaban J connectivity index is 1.25. The van der Waals surface area contributed by atoms with Gasteiger partial charge in [-0.2, -0.15) is 0 Å². The fourth-order valence-electron chi connectivity index (χ4n) is 7.48. The molecule has 0 radical (unpaired) electrons. The van der Waals surface area contributed by atoms with Gasteiger partial charge in [0.1, 0.15) is 22.3 Å². The maximum atomic E-state index is 6.87. The Bertz CT molecular complexity index is 3010. The molecule has 0 saturated carbocycles. The van der Waals surface area contributed by atoms with Gasteiger partial charge < -0.3 is 17.8 Å². The van der Waals surface area contributed by atoms with Crippen LogP contribution in [0.15, 0.2) is 147 Å². The highest BCUT2D eigenvalue weighted by Gasteiger charge is 2.23. The smallest absolute Gasteiger partial charge is 0.228 e. The highest BCUT2D eigenvalue weighted by atomic mass is 16.4. The maximum Gasteiger partial charge on any atom is 0.228 e. The zero-order chi connectivity index (χ0) is 29.9. The first-order valence-electron chi connectivity index (χ1n) is 15.4. The molecule has 0 saturated heterocycles. The standard InChI is InChI=1S/C41H22N2O3/c1-2-12-25-23(10-1)29(41-42-30-15-5-8-19-35(30)46-41)22-36-37(25)28-14-9-17-33(39(28)45-36)43-31-16-6-3-13-27(31)38-32(43)21-20-26-24-11-4-7-18-34(24)44-40(26)38/h1-22H. The van der Waals surface area contributed by atoms with Gasteiger partial charge in [-0.05, 0) is 59.3 Å². The van der Waals surface area contributed by atoms with Crippen LogP contribution in [0.5, 0.6) is 0 Å². The first kappa shape index (κ1) is 24.0. The Morgan fingerprint density at radius 1 is 0.435 bits per heavy atom. The number of hydrogen-bond donors (Lipinski definition) is 0. The van der Waals surface area contributed by atoms with Crippen LogP contribution in [0, 0.1) is 0 Å². The molecular weight excluding hydrogens is 568 g/mol. The van der Waals surface area contributed by atoms with Crippen LogP contribution in [0.4, 0.5) is 0 Å². The molecule has 11 rings (SSSR count). The summed E-state index contributed by atoms with van der Waals surface area (Å²) in [6.45, 7) is 0. The van der Waals surface area contributed by atoms with Crippen LogP contribution in [0.25, 0.3) is 105 Å². The number of hydrogen-bond acceptors (Lipinski definition) is 4. The molecule has 0 amide bonds. The molecule has 0 spiro atoms. The zero-order valence-corrected chi connectivity index (χ0v) is 24.3. The van der Waals surface area contributed by atoms with Crippen LogP contribution in [0.2, 0.25) is 0 Å². The quantitative estimate of drug-likeness (QED) is 0.201. The third kappa shape index (κ3) is 3.06. The average molecular weight is 591 g/mol. The number of furan rings is 2. The Morgan fingerprint density at radius 2 is 1.15 bits per heavy atom. The van der Waals surface area contributed by atoms with Crippen molar-refractivity contribution in [1.29, 1.82) is 0 Å². The Morgan fingerprint density at radius 3 is 2.04 bits per heavy atom. The van der Waals surface area contributed by atoms with Crippen LogP contribution < -0.4 is 0 Å². The topological polar surface area (TPSA) is 57.2 Å². The Kier molecular flexibility index (Phi) is 4.52. The molecule has 5 nitrogen and oxygen atoms in total. The fourth-order valence-corrected chi connectivity index (χ4v) is 7.48. The third-order valence-electron chi connectivity index (χ3n) is 9.43. The molecular formula is C41H22N2O3. The lowest BCUT2D eigenvalue weighted by Gasteiger charge is -2.08. The molecule has 4 aromatic heterocycles. The van der Waals surface area contributed by atoms with Crippen LogP contribution >= 0.6 is 0 Å². The second-order valence-electron chi connectivity index (χ2n) is 11.9. The fraction of sp³-hybridized carbons (Fsp3) is 0. The number of fused-ring (bicyclic) bond motifs is 13. The van der Waals surface area contributed by atoms with Gasteiger partial charge in [0.2, 0.25) is 5.89 Å². The highest BCUT2D eigenvalue weighted by molar-refractivity contribution is 6.26. The van der Waals surface area contributed by atoms with Crippen molar-refractivity contribution in [1.82, 2.24) is 9.55 Å². The molecule has 46 heavy (non-hydrogen) atoms. The lowest BCUT2D eigenvalue weighted by molar-refractivity contribution is 0.620. The van der Waals surface area contributed by atoms with Crippen molar-refractivity contribution in [2.24, 2.45) is 0 Å². The number of nitrogens with zero attached hydrogens (tertiary/aromatic N) is 2. The molecule has 0 bridgehead atoms. The summed E-state index contributed by atoms with van der Waals surface area (Å²) >= 11 is 0. The van der Waals surface area contributed by atoms with Crippen molar-refractivity contribution < 1.29 is 13.3 Å². The van der Waals surface area contributed by atoms with E-state index < -0.39 is 0 Å². The highest BCUT2D eigenvalue weighted by Crippen LogP contribution is 2.45. The normalized spacial score (nSPS) is 12.3.